The van der Waals surface area contributed by atoms with Crippen molar-refractivity contribution in [3.05, 3.63) is 12.7 Å². The molecule has 0 spiro atoms. The van der Waals surface area contributed by atoms with Crippen LogP contribution in [0.3, 0.4) is 0 Å². The summed E-state index contributed by atoms with van der Waals surface area (Å²) in [5.74, 6) is -0.756. The van der Waals surface area contributed by atoms with Crippen LogP contribution < -0.4 is 0 Å². The van der Waals surface area contributed by atoms with E-state index < -0.39 is 18.4 Å². The summed E-state index contributed by atoms with van der Waals surface area (Å²) < 4.78 is 4.21. The Bertz CT molecular complexity index is 130. The maximum atomic E-state index is 10.3. The molecule has 0 rings (SSSR count). The third-order valence-corrected chi connectivity index (χ3v) is 0.816. The third-order valence-electron chi connectivity index (χ3n) is 0.816. The lowest BCUT2D eigenvalue weighted by Gasteiger charge is -2.12. The van der Waals surface area contributed by atoms with E-state index in [1.165, 1.54) is 6.92 Å². The van der Waals surface area contributed by atoms with E-state index in [1.54, 1.807) is 0 Å². The van der Waals surface area contributed by atoms with E-state index in [4.69, 9.17) is 10.2 Å². The quantitative estimate of drug-likeness (QED) is 0.317. The molecule has 10 heavy (non-hydrogen) atoms. The van der Waals surface area contributed by atoms with Crippen LogP contribution in [0.2, 0.25) is 0 Å². The molecule has 2 N–H and O–H groups in total. The van der Waals surface area contributed by atoms with Crippen molar-refractivity contribution >= 4 is 5.97 Å². The van der Waals surface area contributed by atoms with Gasteiger partial charge in [-0.3, -0.25) is 0 Å². The number of hydrogen-bond acceptors (Lipinski definition) is 4. The van der Waals surface area contributed by atoms with Crippen molar-refractivity contribution in [2.45, 2.75) is 19.3 Å². The Balaban J connectivity index is 3.67. The highest BCUT2D eigenvalue weighted by molar-refractivity contribution is 5.81. The zero-order chi connectivity index (χ0) is 8.15. The van der Waals surface area contributed by atoms with Gasteiger partial charge < -0.3 is 14.9 Å². The Morgan fingerprint density at radius 3 is 2.50 bits per heavy atom. The largest absolute Gasteiger partial charge is 0.430 e. The van der Waals surface area contributed by atoms with Gasteiger partial charge in [0.1, 0.15) is 6.10 Å². The standard InChI is InChI=1S/C6H10O4/c1-3-5(8)10-6(9)4(2)7/h3-4,6-7,9H,1H2,2H3. The second-order valence-electron chi connectivity index (χ2n) is 1.77. The Labute approximate surface area is 58.7 Å². The second kappa shape index (κ2) is 4.03. The molecule has 4 heteroatoms. The van der Waals surface area contributed by atoms with Crippen molar-refractivity contribution in [1.82, 2.24) is 0 Å². The van der Waals surface area contributed by atoms with E-state index in [2.05, 4.69) is 11.3 Å². The van der Waals surface area contributed by atoms with Crippen LogP contribution in [0.4, 0.5) is 0 Å². The molecule has 0 bridgehead atoms. The van der Waals surface area contributed by atoms with Crippen LogP contribution in [0.15, 0.2) is 12.7 Å². The zero-order valence-corrected chi connectivity index (χ0v) is 5.65. The monoisotopic (exact) mass is 146 g/mol. The SMILES string of the molecule is C=CC(=O)OC(O)C(C)O. The second-order valence-corrected chi connectivity index (χ2v) is 1.77. The zero-order valence-electron chi connectivity index (χ0n) is 5.65. The lowest BCUT2D eigenvalue weighted by Crippen LogP contribution is -2.27. The topological polar surface area (TPSA) is 66.8 Å². The highest BCUT2D eigenvalue weighted by atomic mass is 16.6. The molecule has 0 heterocycles. The van der Waals surface area contributed by atoms with E-state index in [0.717, 1.165) is 6.08 Å². The summed E-state index contributed by atoms with van der Waals surface area (Å²) in [7, 11) is 0. The van der Waals surface area contributed by atoms with Crippen molar-refractivity contribution in [3.63, 3.8) is 0 Å². The predicted molar refractivity (Wildman–Crippen MR) is 34.0 cm³/mol. The predicted octanol–water partition coefficient (Wildman–Crippen LogP) is -0.585. The average molecular weight is 146 g/mol. The number of ether oxygens (including phenoxy) is 1. The highest BCUT2D eigenvalue weighted by Gasteiger charge is 2.13. The van der Waals surface area contributed by atoms with Crippen LogP contribution >= 0.6 is 0 Å². The van der Waals surface area contributed by atoms with Gasteiger partial charge >= 0.3 is 5.97 Å². The lowest BCUT2D eigenvalue weighted by atomic mass is 10.4. The summed E-state index contributed by atoms with van der Waals surface area (Å²) in [6.07, 6.45) is -1.64. The molecule has 0 fully saturated rings. The molecule has 0 aliphatic heterocycles. The first-order chi connectivity index (χ1) is 4.57. The Morgan fingerprint density at radius 2 is 2.20 bits per heavy atom. The van der Waals surface area contributed by atoms with Gasteiger partial charge in [-0.15, -0.1) is 0 Å². The van der Waals surface area contributed by atoms with Gasteiger partial charge in [0.2, 0.25) is 6.29 Å². The van der Waals surface area contributed by atoms with E-state index in [0.29, 0.717) is 0 Å². The first-order valence-electron chi connectivity index (χ1n) is 2.77. The van der Waals surface area contributed by atoms with E-state index in [1.807, 2.05) is 0 Å². The molecule has 2 atom stereocenters. The van der Waals surface area contributed by atoms with Crippen molar-refractivity contribution in [2.24, 2.45) is 0 Å². The van der Waals surface area contributed by atoms with E-state index in [-0.39, 0.29) is 0 Å². The van der Waals surface area contributed by atoms with Gasteiger partial charge in [0.05, 0.1) is 0 Å². The molecular weight excluding hydrogens is 136 g/mol. The molecule has 4 nitrogen and oxygen atoms in total. The Hall–Kier alpha value is -0.870. The molecule has 0 amide bonds. The Kier molecular flexibility index (Phi) is 3.68. The molecule has 2 unspecified atom stereocenters. The molecule has 0 aromatic rings. The van der Waals surface area contributed by atoms with Crippen molar-refractivity contribution < 1.29 is 19.7 Å². The van der Waals surface area contributed by atoms with Gasteiger partial charge in [-0.25, -0.2) is 4.79 Å². The molecular formula is C6H10O4. The smallest absolute Gasteiger partial charge is 0.332 e. The third kappa shape index (κ3) is 3.21. The van der Waals surface area contributed by atoms with Crippen molar-refractivity contribution in [1.29, 1.82) is 0 Å². The molecule has 0 aromatic heterocycles. The first kappa shape index (κ1) is 9.13. The fraction of sp³-hybridized carbons (Fsp3) is 0.500. The lowest BCUT2D eigenvalue weighted by molar-refractivity contribution is -0.178. The summed E-state index contributed by atoms with van der Waals surface area (Å²) >= 11 is 0. The summed E-state index contributed by atoms with van der Waals surface area (Å²) in [6.45, 7) is 4.41. The number of esters is 1. The number of rotatable bonds is 3. The van der Waals surface area contributed by atoms with Crippen molar-refractivity contribution in [3.8, 4) is 0 Å². The molecule has 0 saturated heterocycles. The van der Waals surface area contributed by atoms with Crippen LogP contribution in [-0.2, 0) is 9.53 Å². The summed E-state index contributed by atoms with van der Waals surface area (Å²) in [4.78, 5) is 10.3. The maximum Gasteiger partial charge on any atom is 0.332 e. The number of carbonyl (C=O) groups is 1. The van der Waals surface area contributed by atoms with Gasteiger partial charge in [-0.05, 0) is 6.92 Å². The van der Waals surface area contributed by atoms with Crippen LogP contribution in [0, 0.1) is 0 Å². The molecule has 0 saturated carbocycles. The summed E-state index contributed by atoms with van der Waals surface area (Å²) in [5.41, 5.74) is 0. The van der Waals surface area contributed by atoms with Crippen LogP contribution in [0.1, 0.15) is 6.92 Å². The molecule has 0 aromatic carbocycles. The van der Waals surface area contributed by atoms with Gasteiger partial charge in [-0.2, -0.15) is 0 Å². The minimum atomic E-state index is -1.47. The minimum Gasteiger partial charge on any atom is -0.430 e. The van der Waals surface area contributed by atoms with Gasteiger partial charge in [0.15, 0.2) is 0 Å². The fourth-order valence-electron chi connectivity index (χ4n) is 0.266. The fourth-order valence-corrected chi connectivity index (χ4v) is 0.266. The van der Waals surface area contributed by atoms with Crippen molar-refractivity contribution in [2.75, 3.05) is 0 Å². The number of carbonyl (C=O) groups excluding carboxylic acids is 1. The number of aliphatic hydroxyl groups is 2. The van der Waals surface area contributed by atoms with Crippen LogP contribution in [0.5, 0.6) is 0 Å². The summed E-state index contributed by atoms with van der Waals surface area (Å²) in [6, 6.07) is 0. The van der Waals surface area contributed by atoms with Gasteiger partial charge in [0, 0.05) is 6.08 Å². The van der Waals surface area contributed by atoms with Gasteiger partial charge in [-0.1, -0.05) is 6.58 Å². The molecule has 58 valence electrons. The summed E-state index contributed by atoms with van der Waals surface area (Å²) in [5, 5.41) is 17.3. The minimum absolute atomic E-state index is 0.756. The van der Waals surface area contributed by atoms with E-state index in [9.17, 15) is 4.79 Å². The van der Waals surface area contributed by atoms with Crippen LogP contribution in [-0.4, -0.2) is 28.6 Å². The van der Waals surface area contributed by atoms with Gasteiger partial charge in [0.25, 0.3) is 0 Å². The molecule has 0 aliphatic carbocycles. The normalized spacial score (nSPS) is 15.5. The maximum absolute atomic E-state index is 10.3. The Morgan fingerprint density at radius 1 is 1.70 bits per heavy atom. The first-order valence-corrected chi connectivity index (χ1v) is 2.77. The highest BCUT2D eigenvalue weighted by Crippen LogP contribution is 1.94. The van der Waals surface area contributed by atoms with Crippen LogP contribution in [0.25, 0.3) is 0 Å². The average Bonchev–Trinajstić information content (AvgIpc) is 1.87. The number of hydrogen-bond donors (Lipinski definition) is 2. The van der Waals surface area contributed by atoms with E-state index >= 15 is 0 Å². The molecule has 0 radical (unpaired) electrons. The number of aliphatic hydroxyl groups excluding tert-OH is 2. The molecule has 0 aliphatic rings.